The van der Waals surface area contributed by atoms with Gasteiger partial charge >= 0.3 is 0 Å². The molecule has 0 aromatic carbocycles. The third-order valence-corrected chi connectivity index (χ3v) is 6.19. The van der Waals surface area contributed by atoms with Crippen molar-refractivity contribution in [2.24, 2.45) is 0 Å². The number of hydrogen-bond donors (Lipinski definition) is 0. The van der Waals surface area contributed by atoms with Crippen LogP contribution < -0.4 is 0 Å². The summed E-state index contributed by atoms with van der Waals surface area (Å²) >= 11 is 0. The predicted molar refractivity (Wildman–Crippen MR) is 84.6 cm³/mol. The van der Waals surface area contributed by atoms with Crippen molar-refractivity contribution >= 4 is 7.92 Å². The third kappa shape index (κ3) is 12.4. The smallest absolute Gasteiger partial charge is 0.0326 e. The van der Waals surface area contributed by atoms with Crippen molar-refractivity contribution in [3.05, 3.63) is 12.2 Å². The second-order valence-corrected chi connectivity index (χ2v) is 7.61. The first-order valence-corrected chi connectivity index (χ1v) is 9.62. The second kappa shape index (κ2) is 14.2. The Morgan fingerprint density at radius 3 is 1.94 bits per heavy atom. The molecule has 0 aliphatic carbocycles. The van der Waals surface area contributed by atoms with Crippen LogP contribution in [0.2, 0.25) is 0 Å². The zero-order valence-electron chi connectivity index (χ0n) is 12.4. The zero-order valence-corrected chi connectivity index (χ0v) is 13.3. The fraction of sp³-hybridized carbons (Fsp3) is 0.875. The molecule has 0 atom stereocenters. The Hall–Kier alpha value is 0.170. The van der Waals surface area contributed by atoms with E-state index in [9.17, 15) is 0 Å². The molecule has 0 nitrogen and oxygen atoms in total. The van der Waals surface area contributed by atoms with Crippen LogP contribution in [-0.4, -0.2) is 18.5 Å². The van der Waals surface area contributed by atoms with Crippen molar-refractivity contribution in [2.45, 2.75) is 72.1 Å². The number of hydrogen-bond acceptors (Lipinski definition) is 0. The minimum Gasteiger partial charge on any atom is -0.107 e. The fourth-order valence-electron chi connectivity index (χ4n) is 2.20. The first-order chi connectivity index (χ1) is 8.35. The summed E-state index contributed by atoms with van der Waals surface area (Å²) in [5, 5.41) is 0. The van der Waals surface area contributed by atoms with Gasteiger partial charge in [-0.15, -0.1) is 7.92 Å². The molecule has 0 saturated heterocycles. The average Bonchev–Trinajstić information content (AvgIpc) is 2.33. The Bertz CT molecular complexity index is 157. The lowest BCUT2D eigenvalue weighted by Gasteiger charge is -2.15. The highest BCUT2D eigenvalue weighted by atomic mass is 31.1. The average molecular weight is 256 g/mol. The van der Waals surface area contributed by atoms with Crippen molar-refractivity contribution in [1.82, 2.24) is 0 Å². The van der Waals surface area contributed by atoms with Crippen LogP contribution in [0, 0.1) is 0 Å². The van der Waals surface area contributed by atoms with Gasteiger partial charge in [0.05, 0.1) is 0 Å². The maximum Gasteiger partial charge on any atom is -0.0326 e. The standard InChI is InChI=1S/C16H33P/c1-4-7-8-9-10-11-12-13-16-17(14-5-2)15-6-3/h7-8H,4-6,9-16H2,1-3H3/b8-7+. The number of allylic oxidation sites excluding steroid dienone is 2. The van der Waals surface area contributed by atoms with Crippen molar-refractivity contribution in [3.8, 4) is 0 Å². The lowest BCUT2D eigenvalue weighted by atomic mass is 10.1. The quantitative estimate of drug-likeness (QED) is 0.221. The summed E-state index contributed by atoms with van der Waals surface area (Å²) in [4.78, 5) is 0. The Kier molecular flexibility index (Phi) is 14.4. The highest BCUT2D eigenvalue weighted by Crippen LogP contribution is 2.37. The van der Waals surface area contributed by atoms with Gasteiger partial charge < -0.3 is 0 Å². The molecule has 0 saturated carbocycles. The van der Waals surface area contributed by atoms with E-state index in [0.717, 1.165) is 0 Å². The molecule has 0 spiro atoms. The Labute approximate surface area is 111 Å². The summed E-state index contributed by atoms with van der Waals surface area (Å²) in [6.45, 7) is 6.89. The molecule has 0 aliphatic heterocycles. The molecule has 0 aromatic heterocycles. The van der Waals surface area contributed by atoms with Gasteiger partial charge in [0.15, 0.2) is 0 Å². The summed E-state index contributed by atoms with van der Waals surface area (Å²) in [6, 6.07) is 0. The topological polar surface area (TPSA) is 0 Å². The Balaban J connectivity index is 3.32. The van der Waals surface area contributed by atoms with Crippen LogP contribution in [0.4, 0.5) is 0 Å². The van der Waals surface area contributed by atoms with Crippen molar-refractivity contribution in [3.63, 3.8) is 0 Å². The van der Waals surface area contributed by atoms with E-state index < -0.39 is 0 Å². The highest BCUT2D eigenvalue weighted by Gasteiger charge is 2.04. The van der Waals surface area contributed by atoms with Crippen LogP contribution in [-0.2, 0) is 0 Å². The van der Waals surface area contributed by atoms with Gasteiger partial charge in [0.1, 0.15) is 0 Å². The molecule has 0 aromatic rings. The monoisotopic (exact) mass is 256 g/mol. The SMILES string of the molecule is CC/C=C/CCCCCCP(CCC)CCC. The number of unbranched alkanes of at least 4 members (excludes halogenated alkanes) is 4. The molecule has 0 amide bonds. The van der Waals surface area contributed by atoms with E-state index in [0.29, 0.717) is 7.92 Å². The normalized spacial score (nSPS) is 11.8. The summed E-state index contributed by atoms with van der Waals surface area (Å²) in [7, 11) is 0.395. The molecule has 0 N–H and O–H groups in total. The van der Waals surface area contributed by atoms with E-state index in [1.807, 2.05) is 0 Å². The number of rotatable bonds is 12. The van der Waals surface area contributed by atoms with Gasteiger partial charge in [0, 0.05) is 0 Å². The van der Waals surface area contributed by atoms with Gasteiger partial charge in [0.25, 0.3) is 0 Å². The van der Waals surface area contributed by atoms with E-state index >= 15 is 0 Å². The maximum absolute atomic E-state index is 2.35. The van der Waals surface area contributed by atoms with Crippen LogP contribution in [0.5, 0.6) is 0 Å². The van der Waals surface area contributed by atoms with Gasteiger partial charge in [-0.3, -0.25) is 0 Å². The molecule has 0 unspecified atom stereocenters. The Morgan fingerprint density at radius 2 is 1.35 bits per heavy atom. The van der Waals surface area contributed by atoms with Crippen molar-refractivity contribution < 1.29 is 0 Å². The van der Waals surface area contributed by atoms with Crippen molar-refractivity contribution in [2.75, 3.05) is 18.5 Å². The van der Waals surface area contributed by atoms with E-state index in [-0.39, 0.29) is 0 Å². The van der Waals surface area contributed by atoms with Gasteiger partial charge in [0.2, 0.25) is 0 Å². The summed E-state index contributed by atoms with van der Waals surface area (Å²) in [5.74, 6) is 0. The van der Waals surface area contributed by atoms with Crippen LogP contribution in [0.1, 0.15) is 72.1 Å². The molecule has 0 rings (SSSR count). The highest BCUT2D eigenvalue weighted by molar-refractivity contribution is 7.57. The minimum atomic E-state index is 0.395. The zero-order chi connectivity index (χ0) is 12.8. The van der Waals surface area contributed by atoms with E-state index in [1.54, 1.807) is 6.16 Å². The fourth-order valence-corrected chi connectivity index (χ4v) is 4.81. The molecule has 1 heteroatoms. The third-order valence-electron chi connectivity index (χ3n) is 3.08. The van der Waals surface area contributed by atoms with Gasteiger partial charge in [-0.25, -0.2) is 0 Å². The lowest BCUT2D eigenvalue weighted by Crippen LogP contribution is -1.94. The largest absolute Gasteiger partial charge is 0.107 e. The molecule has 0 fully saturated rings. The van der Waals surface area contributed by atoms with E-state index in [4.69, 9.17) is 0 Å². The van der Waals surface area contributed by atoms with Crippen LogP contribution >= 0.6 is 7.92 Å². The van der Waals surface area contributed by atoms with E-state index in [1.165, 1.54) is 63.7 Å². The molecule has 0 heterocycles. The first-order valence-electron chi connectivity index (χ1n) is 7.72. The van der Waals surface area contributed by atoms with Crippen LogP contribution in [0.15, 0.2) is 12.2 Å². The maximum atomic E-state index is 2.35. The Morgan fingerprint density at radius 1 is 0.706 bits per heavy atom. The second-order valence-electron chi connectivity index (χ2n) is 4.92. The summed E-state index contributed by atoms with van der Waals surface area (Å²) < 4.78 is 0. The summed E-state index contributed by atoms with van der Waals surface area (Å²) in [5.41, 5.74) is 0. The molecule has 102 valence electrons. The summed E-state index contributed by atoms with van der Waals surface area (Å²) in [6.07, 6.45) is 20.3. The molecular weight excluding hydrogens is 223 g/mol. The first kappa shape index (κ1) is 17.2. The van der Waals surface area contributed by atoms with Crippen LogP contribution in [0.25, 0.3) is 0 Å². The van der Waals surface area contributed by atoms with Gasteiger partial charge in [-0.1, -0.05) is 58.6 Å². The van der Waals surface area contributed by atoms with Gasteiger partial charge in [-0.05, 0) is 44.2 Å². The van der Waals surface area contributed by atoms with Crippen LogP contribution in [0.3, 0.4) is 0 Å². The van der Waals surface area contributed by atoms with Crippen molar-refractivity contribution in [1.29, 1.82) is 0 Å². The molecule has 0 aliphatic rings. The van der Waals surface area contributed by atoms with E-state index in [2.05, 4.69) is 32.9 Å². The van der Waals surface area contributed by atoms with Gasteiger partial charge in [-0.2, -0.15) is 0 Å². The molecule has 17 heavy (non-hydrogen) atoms. The molecule has 0 radical (unpaired) electrons. The minimum absolute atomic E-state index is 0.395. The molecule has 0 bridgehead atoms. The molecular formula is C16H33P. The predicted octanol–water partition coefficient (Wildman–Crippen LogP) is 6.21. The lowest BCUT2D eigenvalue weighted by molar-refractivity contribution is 0.675.